The molecule has 4 aromatic rings. The summed E-state index contributed by atoms with van der Waals surface area (Å²) < 4.78 is 32.7. The van der Waals surface area contributed by atoms with Crippen LogP contribution in [0.1, 0.15) is 41.9 Å². The summed E-state index contributed by atoms with van der Waals surface area (Å²) in [5, 5.41) is 19.5. The predicted molar refractivity (Wildman–Crippen MR) is 128 cm³/mol. The molecule has 12 heteroatoms. The Hall–Kier alpha value is -3.99. The van der Waals surface area contributed by atoms with Crippen LogP contribution in [-0.2, 0) is 0 Å². The molecule has 0 aliphatic heterocycles. The van der Waals surface area contributed by atoms with Gasteiger partial charge < -0.3 is 20.7 Å². The van der Waals surface area contributed by atoms with Gasteiger partial charge in [0.05, 0.1) is 28.9 Å². The molecule has 1 aromatic carbocycles. The van der Waals surface area contributed by atoms with E-state index in [1.165, 1.54) is 6.20 Å². The van der Waals surface area contributed by atoms with Crippen molar-refractivity contribution in [2.24, 2.45) is 10.9 Å². The number of benzene rings is 1. The van der Waals surface area contributed by atoms with Crippen LogP contribution in [0, 0.1) is 13.8 Å². The van der Waals surface area contributed by atoms with Crippen molar-refractivity contribution < 1.29 is 18.4 Å². The molecule has 0 amide bonds. The van der Waals surface area contributed by atoms with Crippen LogP contribution in [0.25, 0.3) is 22.3 Å². The second kappa shape index (κ2) is 9.34. The van der Waals surface area contributed by atoms with Crippen molar-refractivity contribution in [2.45, 2.75) is 33.4 Å². The van der Waals surface area contributed by atoms with E-state index in [4.69, 9.17) is 27.0 Å². The number of aryl methyl sites for hydroxylation is 1. The molecule has 0 radical (unpaired) electrons. The first kappa shape index (κ1) is 24.1. The second-order valence-corrected chi connectivity index (χ2v) is 8.37. The number of hydrogen-bond acceptors (Lipinski definition) is 7. The molecule has 4 rings (SSSR count). The molecule has 35 heavy (non-hydrogen) atoms. The highest BCUT2D eigenvalue weighted by molar-refractivity contribution is 6.29. The van der Waals surface area contributed by atoms with Crippen molar-refractivity contribution in [1.29, 1.82) is 0 Å². The molecule has 9 nitrogen and oxygen atoms in total. The first-order valence-electron chi connectivity index (χ1n) is 10.4. The van der Waals surface area contributed by atoms with Gasteiger partial charge in [-0.2, -0.15) is 13.9 Å². The van der Waals surface area contributed by atoms with Crippen molar-refractivity contribution in [2.75, 3.05) is 5.32 Å². The van der Waals surface area contributed by atoms with Crippen molar-refractivity contribution in [3.63, 3.8) is 0 Å². The molecule has 0 aliphatic carbocycles. The number of halogens is 3. The van der Waals surface area contributed by atoms with E-state index in [2.05, 4.69) is 20.6 Å². The van der Waals surface area contributed by atoms with Crippen LogP contribution >= 0.6 is 11.6 Å². The Kier molecular flexibility index (Phi) is 6.44. The third-order valence-electron chi connectivity index (χ3n) is 5.51. The van der Waals surface area contributed by atoms with Gasteiger partial charge in [-0.05, 0) is 44.5 Å². The Morgan fingerprint density at radius 2 is 2.06 bits per heavy atom. The van der Waals surface area contributed by atoms with Gasteiger partial charge in [0.2, 0.25) is 0 Å². The maximum Gasteiger partial charge on any atom is 0.333 e. The molecule has 1 atom stereocenters. The van der Waals surface area contributed by atoms with Gasteiger partial charge in [-0.25, -0.2) is 9.67 Å². The molecule has 0 bridgehead atoms. The fourth-order valence-electron chi connectivity index (χ4n) is 3.83. The van der Waals surface area contributed by atoms with Crippen LogP contribution in [0.15, 0.2) is 51.0 Å². The van der Waals surface area contributed by atoms with Crippen LogP contribution in [0.4, 0.5) is 14.5 Å². The smallest absolute Gasteiger partial charge is 0.333 e. The molecule has 0 unspecified atom stereocenters. The van der Waals surface area contributed by atoms with E-state index >= 15 is 0 Å². The van der Waals surface area contributed by atoms with Crippen molar-refractivity contribution in [3.05, 3.63) is 74.4 Å². The fourth-order valence-corrected chi connectivity index (χ4v) is 3.98. The summed E-state index contributed by atoms with van der Waals surface area (Å²) in [5.41, 5.74) is 8.31. The number of oxime groups is 1. The summed E-state index contributed by atoms with van der Waals surface area (Å²) in [6, 6.07) is 6.27. The molecule has 3 heterocycles. The number of nitrogens with one attached hydrogen (secondary N) is 1. The summed E-state index contributed by atoms with van der Waals surface area (Å²) in [4.78, 5) is 17.3. The first-order chi connectivity index (χ1) is 16.6. The molecule has 3 aromatic heterocycles. The summed E-state index contributed by atoms with van der Waals surface area (Å²) in [5.74, 6) is -0.0889. The Morgan fingerprint density at radius 1 is 1.31 bits per heavy atom. The topological polar surface area (TPSA) is 132 Å². The number of anilines is 1. The van der Waals surface area contributed by atoms with Gasteiger partial charge in [0.25, 0.3) is 0 Å². The lowest BCUT2D eigenvalue weighted by molar-refractivity contribution is 0.0566. The van der Waals surface area contributed by atoms with Crippen LogP contribution < -0.4 is 16.5 Å². The number of aromatic nitrogens is 3. The number of fused-ring (bicyclic) bond motifs is 1. The van der Waals surface area contributed by atoms with E-state index in [1.807, 2.05) is 19.9 Å². The Labute approximate surface area is 202 Å². The van der Waals surface area contributed by atoms with E-state index in [0.717, 1.165) is 11.8 Å². The Balaban J connectivity index is 1.86. The number of nitrogens with zero attached hydrogens (tertiary/aromatic N) is 4. The standard InChI is InChI=1S/C23H21ClF2N6O3/c1-10-6-14(12(3)29-16-4-5-17(24)30-18(16)22(27)31-34)21-15(7-10)19(33)11(2)20(35-21)13-8-28-32(9-13)23(25)26/h4-9,12,23,29,34H,1-3H3,(H2,27,31)/t12-/m1/s1. The van der Waals surface area contributed by atoms with Crippen LogP contribution in [-0.4, -0.2) is 25.8 Å². The quantitative estimate of drug-likeness (QED) is 0.111. The number of hydrogen-bond donors (Lipinski definition) is 3. The molecule has 0 aliphatic rings. The SMILES string of the molecule is Cc1cc([C@@H](C)Nc2ccc(Cl)nc2/C(N)=N/O)c2oc(-c3cnn(C(F)F)c3)c(C)c(=O)c2c1. The highest BCUT2D eigenvalue weighted by Gasteiger charge is 2.21. The van der Waals surface area contributed by atoms with E-state index in [0.29, 0.717) is 26.9 Å². The highest BCUT2D eigenvalue weighted by atomic mass is 35.5. The van der Waals surface area contributed by atoms with E-state index < -0.39 is 12.6 Å². The highest BCUT2D eigenvalue weighted by Crippen LogP contribution is 2.33. The lowest BCUT2D eigenvalue weighted by Crippen LogP contribution is -2.19. The van der Waals surface area contributed by atoms with Gasteiger partial charge in [0.1, 0.15) is 22.2 Å². The van der Waals surface area contributed by atoms with Gasteiger partial charge in [-0.15, -0.1) is 0 Å². The van der Waals surface area contributed by atoms with Gasteiger partial charge in [-0.1, -0.05) is 22.8 Å². The maximum absolute atomic E-state index is 13.2. The van der Waals surface area contributed by atoms with Gasteiger partial charge in [-0.3, -0.25) is 4.79 Å². The average molecular weight is 503 g/mol. The lowest BCUT2D eigenvalue weighted by Gasteiger charge is -2.20. The number of alkyl halides is 2. The summed E-state index contributed by atoms with van der Waals surface area (Å²) >= 11 is 5.96. The fraction of sp³-hybridized carbons (Fsp3) is 0.217. The molecule has 0 saturated heterocycles. The molecule has 182 valence electrons. The summed E-state index contributed by atoms with van der Waals surface area (Å²) in [6.45, 7) is 2.42. The van der Waals surface area contributed by atoms with Crippen molar-refractivity contribution in [3.8, 4) is 11.3 Å². The van der Waals surface area contributed by atoms with Gasteiger partial charge >= 0.3 is 6.55 Å². The van der Waals surface area contributed by atoms with Crippen LogP contribution in [0.2, 0.25) is 5.15 Å². The Morgan fingerprint density at radius 3 is 2.71 bits per heavy atom. The zero-order valence-corrected chi connectivity index (χ0v) is 19.6. The molecule has 4 N–H and O–H groups in total. The summed E-state index contributed by atoms with van der Waals surface area (Å²) in [6.07, 6.45) is 2.35. The molecular weight excluding hydrogens is 482 g/mol. The van der Waals surface area contributed by atoms with Crippen LogP contribution in [0.3, 0.4) is 0 Å². The first-order valence-corrected chi connectivity index (χ1v) is 10.8. The second-order valence-electron chi connectivity index (χ2n) is 7.98. The summed E-state index contributed by atoms with van der Waals surface area (Å²) in [7, 11) is 0. The third-order valence-corrected chi connectivity index (χ3v) is 5.72. The van der Waals surface area contributed by atoms with Gasteiger partial charge in [0, 0.05) is 17.3 Å². The third kappa shape index (κ3) is 4.54. The maximum atomic E-state index is 13.2. The number of nitrogens with two attached hydrogens (primary N) is 1. The lowest BCUT2D eigenvalue weighted by atomic mass is 9.99. The van der Waals surface area contributed by atoms with E-state index in [-0.39, 0.29) is 39.0 Å². The molecule has 0 spiro atoms. The largest absolute Gasteiger partial charge is 0.455 e. The normalized spacial score (nSPS) is 12.9. The monoisotopic (exact) mass is 502 g/mol. The average Bonchev–Trinajstić information content (AvgIpc) is 3.32. The number of rotatable bonds is 6. The van der Waals surface area contributed by atoms with E-state index in [1.54, 1.807) is 25.1 Å². The van der Waals surface area contributed by atoms with Gasteiger partial charge in [0.15, 0.2) is 11.3 Å². The number of amidine groups is 1. The Bertz CT molecular complexity index is 1520. The van der Waals surface area contributed by atoms with Crippen molar-refractivity contribution in [1.82, 2.24) is 14.8 Å². The minimum atomic E-state index is -2.82. The molecule has 0 saturated carbocycles. The minimum absolute atomic E-state index is 0.140. The molecular formula is C23H21ClF2N6O3. The number of pyridine rings is 1. The van der Waals surface area contributed by atoms with Crippen LogP contribution in [0.5, 0.6) is 0 Å². The van der Waals surface area contributed by atoms with E-state index in [9.17, 15) is 13.6 Å². The zero-order valence-electron chi connectivity index (χ0n) is 18.9. The van der Waals surface area contributed by atoms with Crippen molar-refractivity contribution >= 4 is 34.1 Å². The zero-order chi connectivity index (χ0) is 25.4. The molecule has 0 fully saturated rings. The predicted octanol–water partition coefficient (Wildman–Crippen LogP) is 4.98. The minimum Gasteiger partial charge on any atom is -0.455 e.